The van der Waals surface area contributed by atoms with E-state index in [9.17, 15) is 5.11 Å². The number of rotatable bonds is 3. The molecule has 1 aliphatic rings. The van der Waals surface area contributed by atoms with Crippen molar-refractivity contribution in [3.8, 4) is 0 Å². The third-order valence-electron chi connectivity index (χ3n) is 3.46. The average molecular weight is 199 g/mol. The zero-order chi connectivity index (χ0) is 10.8. The Morgan fingerprint density at radius 2 is 1.64 bits per heavy atom. The fourth-order valence-electron chi connectivity index (χ4n) is 2.37. The third kappa shape index (κ3) is 2.96. The maximum Gasteiger partial charge on any atom is 0.0613 e. The Kier molecular flexibility index (Phi) is 3.59. The van der Waals surface area contributed by atoms with Gasteiger partial charge in [-0.3, -0.25) is 0 Å². The lowest BCUT2D eigenvalue weighted by Gasteiger charge is -2.44. The molecule has 2 heteroatoms. The van der Waals surface area contributed by atoms with Gasteiger partial charge in [0.1, 0.15) is 0 Å². The van der Waals surface area contributed by atoms with E-state index < -0.39 is 0 Å². The Balaban J connectivity index is 2.57. The van der Waals surface area contributed by atoms with Gasteiger partial charge in [-0.2, -0.15) is 0 Å². The minimum absolute atomic E-state index is 0.00366. The molecular weight excluding hydrogens is 174 g/mol. The number of nitrogens with one attached hydrogen (secondary N) is 1. The van der Waals surface area contributed by atoms with Gasteiger partial charge in [0.2, 0.25) is 0 Å². The first kappa shape index (κ1) is 12.0. The van der Waals surface area contributed by atoms with Gasteiger partial charge in [0, 0.05) is 11.6 Å². The SMILES string of the molecule is CC(C)NC1(CO)CCC(C)(C)CC1. The Labute approximate surface area is 88.1 Å². The quantitative estimate of drug-likeness (QED) is 0.731. The molecule has 2 nitrogen and oxygen atoms in total. The van der Waals surface area contributed by atoms with Crippen LogP contribution in [0.5, 0.6) is 0 Å². The van der Waals surface area contributed by atoms with E-state index in [4.69, 9.17) is 0 Å². The van der Waals surface area contributed by atoms with E-state index >= 15 is 0 Å². The molecule has 2 N–H and O–H groups in total. The van der Waals surface area contributed by atoms with E-state index in [1.807, 2.05) is 0 Å². The van der Waals surface area contributed by atoms with Gasteiger partial charge in [0.05, 0.1) is 6.61 Å². The molecule has 14 heavy (non-hydrogen) atoms. The first-order chi connectivity index (χ1) is 6.39. The number of hydrogen-bond donors (Lipinski definition) is 2. The van der Waals surface area contributed by atoms with Crippen molar-refractivity contribution in [2.24, 2.45) is 5.41 Å². The van der Waals surface area contributed by atoms with E-state index in [-0.39, 0.29) is 12.1 Å². The summed E-state index contributed by atoms with van der Waals surface area (Å²) in [6.45, 7) is 9.23. The van der Waals surface area contributed by atoms with Crippen LogP contribution in [0.3, 0.4) is 0 Å². The van der Waals surface area contributed by atoms with Crippen molar-refractivity contribution >= 4 is 0 Å². The van der Waals surface area contributed by atoms with Crippen LogP contribution < -0.4 is 5.32 Å². The van der Waals surface area contributed by atoms with E-state index in [1.54, 1.807) is 0 Å². The van der Waals surface area contributed by atoms with Crippen LogP contribution in [0.4, 0.5) is 0 Å². The molecule has 0 atom stereocenters. The summed E-state index contributed by atoms with van der Waals surface area (Å²) in [7, 11) is 0. The molecule has 1 fully saturated rings. The van der Waals surface area contributed by atoms with Crippen LogP contribution in [0.15, 0.2) is 0 Å². The van der Waals surface area contributed by atoms with Gasteiger partial charge in [0.15, 0.2) is 0 Å². The molecule has 0 heterocycles. The molecule has 0 aliphatic heterocycles. The molecule has 0 aromatic rings. The number of aliphatic hydroxyl groups is 1. The Bertz CT molecular complexity index is 177. The molecule has 0 aromatic heterocycles. The number of hydrogen-bond acceptors (Lipinski definition) is 2. The first-order valence-corrected chi connectivity index (χ1v) is 5.78. The fourth-order valence-corrected chi connectivity index (χ4v) is 2.37. The molecule has 0 radical (unpaired) electrons. The lowest BCUT2D eigenvalue weighted by Crippen LogP contribution is -2.54. The molecule has 0 saturated heterocycles. The van der Waals surface area contributed by atoms with Gasteiger partial charge in [-0.15, -0.1) is 0 Å². The Morgan fingerprint density at radius 1 is 1.14 bits per heavy atom. The zero-order valence-corrected chi connectivity index (χ0v) is 10.1. The lowest BCUT2D eigenvalue weighted by molar-refractivity contribution is 0.0700. The van der Waals surface area contributed by atoms with Gasteiger partial charge < -0.3 is 10.4 Å². The molecule has 0 unspecified atom stereocenters. The Hall–Kier alpha value is -0.0800. The van der Waals surface area contributed by atoms with Gasteiger partial charge in [0.25, 0.3) is 0 Å². The third-order valence-corrected chi connectivity index (χ3v) is 3.46. The topological polar surface area (TPSA) is 32.3 Å². The second-order valence-electron chi connectivity index (χ2n) is 5.90. The predicted molar refractivity (Wildman–Crippen MR) is 60.3 cm³/mol. The van der Waals surface area contributed by atoms with E-state index in [2.05, 4.69) is 33.0 Å². The minimum Gasteiger partial charge on any atom is -0.394 e. The largest absolute Gasteiger partial charge is 0.394 e. The van der Waals surface area contributed by atoms with Crippen LogP contribution in [0.25, 0.3) is 0 Å². The lowest BCUT2D eigenvalue weighted by atomic mass is 9.69. The van der Waals surface area contributed by atoms with Crippen molar-refractivity contribution in [3.63, 3.8) is 0 Å². The summed E-state index contributed by atoms with van der Waals surface area (Å²) in [6, 6.07) is 0.461. The molecule has 0 aromatic carbocycles. The summed E-state index contributed by atoms with van der Waals surface area (Å²) in [6.07, 6.45) is 4.64. The van der Waals surface area contributed by atoms with Crippen molar-refractivity contribution in [1.29, 1.82) is 0 Å². The maximum atomic E-state index is 9.50. The predicted octanol–water partition coefficient (Wildman–Crippen LogP) is 2.32. The fraction of sp³-hybridized carbons (Fsp3) is 1.00. The standard InChI is InChI=1S/C12H25NO/c1-10(2)13-12(9-14)7-5-11(3,4)6-8-12/h10,13-14H,5-9H2,1-4H3. The average Bonchev–Trinajstić information content (AvgIpc) is 2.09. The summed E-state index contributed by atoms with van der Waals surface area (Å²) in [5.74, 6) is 0. The smallest absolute Gasteiger partial charge is 0.0613 e. The highest BCUT2D eigenvalue weighted by molar-refractivity contribution is 4.95. The van der Waals surface area contributed by atoms with Gasteiger partial charge in [-0.05, 0) is 31.1 Å². The summed E-state index contributed by atoms with van der Waals surface area (Å²) < 4.78 is 0. The van der Waals surface area contributed by atoms with Crippen LogP contribution in [0, 0.1) is 5.41 Å². The second kappa shape index (κ2) is 4.19. The van der Waals surface area contributed by atoms with Gasteiger partial charge >= 0.3 is 0 Å². The summed E-state index contributed by atoms with van der Waals surface area (Å²) in [5, 5.41) is 13.0. The highest BCUT2D eigenvalue weighted by Gasteiger charge is 2.37. The second-order valence-corrected chi connectivity index (χ2v) is 5.90. The maximum absolute atomic E-state index is 9.50. The van der Waals surface area contributed by atoms with Gasteiger partial charge in [-0.25, -0.2) is 0 Å². The van der Waals surface area contributed by atoms with Crippen LogP contribution in [-0.4, -0.2) is 23.3 Å². The molecular formula is C12H25NO. The van der Waals surface area contributed by atoms with E-state index in [0.717, 1.165) is 12.8 Å². The van der Waals surface area contributed by atoms with E-state index in [1.165, 1.54) is 12.8 Å². The number of aliphatic hydroxyl groups excluding tert-OH is 1. The van der Waals surface area contributed by atoms with Crippen LogP contribution in [-0.2, 0) is 0 Å². The van der Waals surface area contributed by atoms with Crippen molar-refractivity contribution < 1.29 is 5.11 Å². The highest BCUT2D eigenvalue weighted by Crippen LogP contribution is 2.40. The highest BCUT2D eigenvalue weighted by atomic mass is 16.3. The molecule has 1 aliphatic carbocycles. The zero-order valence-electron chi connectivity index (χ0n) is 10.1. The van der Waals surface area contributed by atoms with Crippen molar-refractivity contribution in [1.82, 2.24) is 5.32 Å². The van der Waals surface area contributed by atoms with Crippen LogP contribution in [0.1, 0.15) is 53.4 Å². The van der Waals surface area contributed by atoms with Crippen LogP contribution in [0.2, 0.25) is 0 Å². The molecule has 84 valence electrons. The molecule has 1 rings (SSSR count). The molecule has 0 amide bonds. The molecule has 0 spiro atoms. The monoisotopic (exact) mass is 199 g/mol. The van der Waals surface area contributed by atoms with Crippen molar-refractivity contribution in [2.75, 3.05) is 6.61 Å². The minimum atomic E-state index is 0.00366. The Morgan fingerprint density at radius 3 is 2.00 bits per heavy atom. The first-order valence-electron chi connectivity index (χ1n) is 5.78. The molecule has 0 bridgehead atoms. The van der Waals surface area contributed by atoms with Crippen LogP contribution >= 0.6 is 0 Å². The van der Waals surface area contributed by atoms with Crippen molar-refractivity contribution in [2.45, 2.75) is 65.0 Å². The van der Waals surface area contributed by atoms with E-state index in [0.29, 0.717) is 11.5 Å². The summed E-state index contributed by atoms with van der Waals surface area (Å²) in [4.78, 5) is 0. The normalized spacial score (nSPS) is 25.3. The van der Waals surface area contributed by atoms with Gasteiger partial charge in [-0.1, -0.05) is 27.7 Å². The summed E-state index contributed by atoms with van der Waals surface area (Å²) in [5.41, 5.74) is 0.473. The van der Waals surface area contributed by atoms with Crippen molar-refractivity contribution in [3.05, 3.63) is 0 Å². The summed E-state index contributed by atoms with van der Waals surface area (Å²) >= 11 is 0. The molecule has 1 saturated carbocycles.